The van der Waals surface area contributed by atoms with E-state index in [0.29, 0.717) is 5.92 Å². The average molecular weight is 304 g/mol. The van der Waals surface area contributed by atoms with E-state index in [2.05, 4.69) is 36.1 Å². The van der Waals surface area contributed by atoms with Crippen LogP contribution in [0, 0.1) is 12.8 Å². The number of carbonyl (C=O) groups is 1. The molecule has 0 aromatic heterocycles. The van der Waals surface area contributed by atoms with Gasteiger partial charge in [0.15, 0.2) is 0 Å². The number of benzene rings is 1. The molecule has 0 bridgehead atoms. The van der Waals surface area contributed by atoms with Crippen molar-refractivity contribution in [1.29, 1.82) is 0 Å². The number of aryl methyl sites for hydroxylation is 1. The molecular weight excluding hydrogens is 272 g/mol. The molecule has 0 N–H and O–H groups in total. The van der Waals surface area contributed by atoms with Crippen molar-refractivity contribution >= 4 is 5.91 Å². The summed E-state index contributed by atoms with van der Waals surface area (Å²) in [6.45, 7) is 12.0. The molecule has 0 saturated carbocycles. The van der Waals surface area contributed by atoms with Gasteiger partial charge in [-0.25, -0.2) is 0 Å². The van der Waals surface area contributed by atoms with Crippen molar-refractivity contribution in [2.45, 2.75) is 47.1 Å². The maximum atomic E-state index is 11.3. The Labute approximate surface area is 136 Å². The number of likely N-dealkylation sites (tertiary alicyclic amines) is 1. The van der Waals surface area contributed by atoms with Crippen LogP contribution >= 0.6 is 0 Å². The van der Waals surface area contributed by atoms with E-state index in [4.69, 9.17) is 0 Å². The van der Waals surface area contributed by atoms with Crippen LogP contribution < -0.4 is 0 Å². The highest BCUT2D eigenvalue weighted by atomic mass is 16.2. The van der Waals surface area contributed by atoms with Crippen molar-refractivity contribution < 1.29 is 4.79 Å². The second-order valence-electron chi connectivity index (χ2n) is 6.11. The first-order valence-corrected chi connectivity index (χ1v) is 8.54. The zero-order chi connectivity index (χ0) is 16.5. The highest BCUT2D eigenvalue weighted by molar-refractivity contribution is 5.72. The van der Waals surface area contributed by atoms with E-state index in [-0.39, 0.29) is 5.91 Å². The summed E-state index contributed by atoms with van der Waals surface area (Å²) in [5.74, 6) is 0.838. The van der Waals surface area contributed by atoms with Gasteiger partial charge in [-0.2, -0.15) is 0 Å². The van der Waals surface area contributed by atoms with Gasteiger partial charge in [-0.1, -0.05) is 43.7 Å². The molecule has 1 aromatic carbocycles. The molecule has 3 heteroatoms. The summed E-state index contributed by atoms with van der Waals surface area (Å²) in [5.41, 5.74) is 2.74. The van der Waals surface area contributed by atoms with Crippen molar-refractivity contribution in [3.63, 3.8) is 0 Å². The van der Waals surface area contributed by atoms with Crippen LogP contribution in [0.5, 0.6) is 0 Å². The topological polar surface area (TPSA) is 23.6 Å². The molecule has 0 aliphatic carbocycles. The number of hydrogen-bond acceptors (Lipinski definition) is 2. The summed E-state index contributed by atoms with van der Waals surface area (Å²) in [6.07, 6.45) is 2.40. The Kier molecular flexibility index (Phi) is 8.18. The molecule has 0 radical (unpaired) electrons. The number of rotatable bonds is 4. The summed E-state index contributed by atoms with van der Waals surface area (Å²) in [7, 11) is 1.90. The lowest BCUT2D eigenvalue weighted by Crippen LogP contribution is -2.38. The van der Waals surface area contributed by atoms with Crippen LogP contribution in [-0.2, 0) is 11.3 Å². The van der Waals surface area contributed by atoms with E-state index in [1.165, 1.54) is 24.0 Å². The molecule has 3 nitrogen and oxygen atoms in total. The molecule has 1 aliphatic rings. The average Bonchev–Trinajstić information content (AvgIpc) is 2.51. The van der Waals surface area contributed by atoms with Gasteiger partial charge in [0.25, 0.3) is 0 Å². The summed E-state index contributed by atoms with van der Waals surface area (Å²) >= 11 is 0. The van der Waals surface area contributed by atoms with Crippen LogP contribution in [0.1, 0.15) is 44.7 Å². The van der Waals surface area contributed by atoms with E-state index in [1.807, 2.05) is 25.8 Å². The third-order valence-electron chi connectivity index (χ3n) is 4.27. The fraction of sp³-hybridized carbons (Fsp3) is 0.632. The molecule has 1 saturated heterocycles. The van der Waals surface area contributed by atoms with Gasteiger partial charge < -0.3 is 4.90 Å². The molecule has 0 atom stereocenters. The van der Waals surface area contributed by atoms with Crippen LogP contribution in [0.15, 0.2) is 24.3 Å². The van der Waals surface area contributed by atoms with Gasteiger partial charge in [0.05, 0.1) is 0 Å². The van der Waals surface area contributed by atoms with Gasteiger partial charge in [0.1, 0.15) is 0 Å². The molecule has 0 unspecified atom stereocenters. The number of amides is 1. The third-order valence-corrected chi connectivity index (χ3v) is 4.27. The molecule has 124 valence electrons. The van der Waals surface area contributed by atoms with E-state index in [0.717, 1.165) is 26.2 Å². The fourth-order valence-electron chi connectivity index (χ4n) is 2.91. The SMILES string of the molecule is CC.CC(=O)N(C)CC1CCN(Cc2cccc(C)c2)CC1. The zero-order valence-electron chi connectivity index (χ0n) is 14.9. The molecule has 1 amide bonds. The Hall–Kier alpha value is -1.35. The predicted molar refractivity (Wildman–Crippen MR) is 93.8 cm³/mol. The first-order chi connectivity index (χ1) is 10.5. The van der Waals surface area contributed by atoms with Gasteiger partial charge in [0, 0.05) is 27.1 Å². The Morgan fingerprint density at radius 3 is 2.45 bits per heavy atom. The second kappa shape index (κ2) is 9.62. The maximum absolute atomic E-state index is 11.3. The minimum atomic E-state index is 0.173. The van der Waals surface area contributed by atoms with Crippen molar-refractivity contribution in [1.82, 2.24) is 9.80 Å². The Balaban J connectivity index is 0.00000116. The van der Waals surface area contributed by atoms with Gasteiger partial charge in [0.2, 0.25) is 5.91 Å². The molecule has 1 heterocycles. The molecule has 2 rings (SSSR count). The zero-order valence-corrected chi connectivity index (χ0v) is 14.9. The van der Waals surface area contributed by atoms with E-state index < -0.39 is 0 Å². The molecule has 1 fully saturated rings. The summed E-state index contributed by atoms with van der Waals surface area (Å²) in [6, 6.07) is 8.77. The first-order valence-electron chi connectivity index (χ1n) is 8.54. The van der Waals surface area contributed by atoms with Crippen molar-refractivity contribution in [3.8, 4) is 0 Å². The van der Waals surface area contributed by atoms with Gasteiger partial charge >= 0.3 is 0 Å². The molecule has 1 aromatic rings. The van der Waals surface area contributed by atoms with Gasteiger partial charge in [-0.15, -0.1) is 0 Å². The maximum Gasteiger partial charge on any atom is 0.219 e. The smallest absolute Gasteiger partial charge is 0.219 e. The largest absolute Gasteiger partial charge is 0.346 e. The lowest BCUT2D eigenvalue weighted by Gasteiger charge is -2.33. The highest BCUT2D eigenvalue weighted by Crippen LogP contribution is 2.20. The predicted octanol–water partition coefficient (Wildman–Crippen LogP) is 3.71. The van der Waals surface area contributed by atoms with Crippen molar-refractivity contribution in [3.05, 3.63) is 35.4 Å². The Bertz CT molecular complexity index is 451. The van der Waals surface area contributed by atoms with Crippen LogP contribution in [0.2, 0.25) is 0 Å². The number of hydrogen-bond donors (Lipinski definition) is 0. The van der Waals surface area contributed by atoms with E-state index in [9.17, 15) is 4.79 Å². The molecule has 22 heavy (non-hydrogen) atoms. The van der Waals surface area contributed by atoms with Crippen LogP contribution in [-0.4, -0.2) is 42.4 Å². The van der Waals surface area contributed by atoms with Gasteiger partial charge in [-0.3, -0.25) is 9.69 Å². The standard InChI is InChI=1S/C17H26N2O.C2H6/c1-14-5-4-6-17(11-14)13-19-9-7-16(8-10-19)12-18(3)15(2)20;1-2/h4-6,11,16H,7-10,12-13H2,1-3H3;1-2H3. The minimum absolute atomic E-state index is 0.173. The minimum Gasteiger partial charge on any atom is -0.346 e. The van der Waals surface area contributed by atoms with E-state index in [1.54, 1.807) is 6.92 Å². The van der Waals surface area contributed by atoms with Crippen molar-refractivity contribution in [2.75, 3.05) is 26.7 Å². The molecule has 1 aliphatic heterocycles. The number of nitrogens with zero attached hydrogens (tertiary/aromatic N) is 2. The summed E-state index contributed by atoms with van der Waals surface area (Å²) in [4.78, 5) is 15.6. The second-order valence-corrected chi connectivity index (χ2v) is 6.11. The van der Waals surface area contributed by atoms with Crippen LogP contribution in [0.4, 0.5) is 0 Å². The number of piperidine rings is 1. The fourth-order valence-corrected chi connectivity index (χ4v) is 2.91. The summed E-state index contributed by atoms with van der Waals surface area (Å²) < 4.78 is 0. The third kappa shape index (κ3) is 6.18. The van der Waals surface area contributed by atoms with Gasteiger partial charge in [-0.05, 0) is 44.3 Å². The Morgan fingerprint density at radius 2 is 1.91 bits per heavy atom. The lowest BCUT2D eigenvalue weighted by molar-refractivity contribution is -0.128. The van der Waals surface area contributed by atoms with E-state index >= 15 is 0 Å². The monoisotopic (exact) mass is 304 g/mol. The lowest BCUT2D eigenvalue weighted by atomic mass is 9.96. The number of carbonyl (C=O) groups excluding carboxylic acids is 1. The van der Waals surface area contributed by atoms with Crippen molar-refractivity contribution in [2.24, 2.45) is 5.92 Å². The highest BCUT2D eigenvalue weighted by Gasteiger charge is 2.21. The van der Waals surface area contributed by atoms with Crippen LogP contribution in [0.3, 0.4) is 0 Å². The first kappa shape index (κ1) is 18.7. The van der Waals surface area contributed by atoms with Crippen LogP contribution in [0.25, 0.3) is 0 Å². The normalized spacial score (nSPS) is 15.9. The Morgan fingerprint density at radius 1 is 1.27 bits per heavy atom. The summed E-state index contributed by atoms with van der Waals surface area (Å²) in [5, 5.41) is 0. The molecular formula is C19H32N2O. The molecule has 0 spiro atoms. The quantitative estimate of drug-likeness (QED) is 0.846.